The van der Waals surface area contributed by atoms with E-state index in [4.69, 9.17) is 0 Å². The third-order valence-corrected chi connectivity index (χ3v) is 5.56. The van der Waals surface area contributed by atoms with Gasteiger partial charge in [0.25, 0.3) is 0 Å². The fourth-order valence-electron chi connectivity index (χ4n) is 4.48. The maximum atomic E-state index is 3.91. The van der Waals surface area contributed by atoms with Crippen molar-refractivity contribution in [1.82, 2.24) is 0 Å². The van der Waals surface area contributed by atoms with Crippen molar-refractivity contribution in [1.29, 1.82) is 0 Å². The molecule has 1 aliphatic heterocycles. The summed E-state index contributed by atoms with van der Waals surface area (Å²) in [6.45, 7) is 2.46. The minimum absolute atomic E-state index is 0.0796. The minimum Gasteiger partial charge on any atom is -0.374 e. The van der Waals surface area contributed by atoms with Crippen LogP contribution >= 0.6 is 0 Å². The zero-order valence-corrected chi connectivity index (χ0v) is 12.0. The van der Waals surface area contributed by atoms with E-state index in [-0.39, 0.29) is 11.0 Å². The summed E-state index contributed by atoms with van der Waals surface area (Å²) in [4.78, 5) is 0. The Balaban J connectivity index is 1.95. The Kier molecular flexibility index (Phi) is 2.47. The fraction of sp³-hybridized carbons (Fsp3) is 0.368. The predicted octanol–water partition coefficient (Wildman–Crippen LogP) is 4.84. The summed E-state index contributed by atoms with van der Waals surface area (Å²) in [5.74, 6) is 0. The van der Waals surface area contributed by atoms with Crippen LogP contribution in [0.3, 0.4) is 0 Å². The van der Waals surface area contributed by atoms with E-state index >= 15 is 0 Å². The van der Waals surface area contributed by atoms with E-state index < -0.39 is 0 Å². The fourth-order valence-corrected chi connectivity index (χ4v) is 4.48. The molecule has 1 heteroatoms. The lowest BCUT2D eigenvalue weighted by Crippen LogP contribution is -2.50. The highest BCUT2D eigenvalue weighted by Crippen LogP contribution is 2.59. The molecular weight excluding hydrogens is 242 g/mol. The summed E-state index contributed by atoms with van der Waals surface area (Å²) in [6.07, 6.45) is 5.14. The Morgan fingerprint density at radius 1 is 0.850 bits per heavy atom. The van der Waals surface area contributed by atoms with E-state index in [1.54, 1.807) is 0 Å². The molecule has 1 N–H and O–H groups in total. The van der Waals surface area contributed by atoms with Crippen LogP contribution < -0.4 is 5.32 Å². The topological polar surface area (TPSA) is 12.0 Å². The number of para-hydroxylation sites is 1. The van der Waals surface area contributed by atoms with Crippen LogP contribution in [-0.4, -0.2) is 0 Å². The second kappa shape index (κ2) is 4.12. The highest BCUT2D eigenvalue weighted by atomic mass is 15.1. The van der Waals surface area contributed by atoms with E-state index in [2.05, 4.69) is 66.8 Å². The van der Waals surface area contributed by atoms with Crippen LogP contribution in [0, 0.1) is 0 Å². The van der Waals surface area contributed by atoms with Crippen molar-refractivity contribution < 1.29 is 0 Å². The van der Waals surface area contributed by atoms with Crippen molar-refractivity contribution in [2.24, 2.45) is 0 Å². The lowest BCUT2D eigenvalue weighted by atomic mass is 9.58. The molecular formula is C19H21N. The van der Waals surface area contributed by atoms with Gasteiger partial charge in [0.2, 0.25) is 0 Å². The third-order valence-electron chi connectivity index (χ3n) is 5.56. The maximum Gasteiger partial charge on any atom is 0.0719 e. The van der Waals surface area contributed by atoms with Gasteiger partial charge in [-0.1, -0.05) is 68.3 Å². The van der Waals surface area contributed by atoms with E-state index in [0.717, 1.165) is 0 Å². The van der Waals surface area contributed by atoms with Crippen molar-refractivity contribution in [2.45, 2.75) is 43.6 Å². The number of hydrogen-bond acceptors (Lipinski definition) is 1. The molecule has 102 valence electrons. The zero-order valence-electron chi connectivity index (χ0n) is 12.0. The maximum absolute atomic E-state index is 3.91. The molecule has 0 aromatic heterocycles. The number of rotatable bonds is 1. The van der Waals surface area contributed by atoms with Crippen LogP contribution in [0.4, 0.5) is 5.69 Å². The average Bonchev–Trinajstić information content (AvgIpc) is 2.78. The van der Waals surface area contributed by atoms with Gasteiger partial charge in [-0.05, 0) is 30.0 Å². The lowest BCUT2D eigenvalue weighted by molar-refractivity contribution is 0.196. The van der Waals surface area contributed by atoms with Crippen LogP contribution in [0.15, 0.2) is 54.6 Å². The summed E-state index contributed by atoms with van der Waals surface area (Å²) in [6, 6.07) is 19.9. The van der Waals surface area contributed by atoms with Crippen LogP contribution in [0.25, 0.3) is 0 Å². The van der Waals surface area contributed by atoms with Gasteiger partial charge >= 0.3 is 0 Å². The number of anilines is 1. The predicted molar refractivity (Wildman–Crippen MR) is 84.0 cm³/mol. The smallest absolute Gasteiger partial charge is 0.0719 e. The standard InChI is InChI=1S/C19H21N/c1-18-13-7-8-14-19(18,15-9-3-2-4-10-15)20-17-12-6-5-11-16(17)18/h2-6,9-12,20H,7-8,13-14H2,1H3/t18-,19+/m0/s1. The SMILES string of the molecule is C[C@@]12CCCC[C@]1(c1ccccc1)Nc1ccccc12. The summed E-state index contributed by atoms with van der Waals surface area (Å²) in [5, 5.41) is 3.91. The molecule has 0 spiro atoms. The van der Waals surface area contributed by atoms with Crippen molar-refractivity contribution in [3.8, 4) is 0 Å². The number of nitrogens with one attached hydrogen (secondary N) is 1. The molecule has 2 aromatic carbocycles. The molecule has 2 aliphatic rings. The molecule has 20 heavy (non-hydrogen) atoms. The third kappa shape index (κ3) is 1.38. The van der Waals surface area contributed by atoms with Crippen LogP contribution in [0.1, 0.15) is 43.7 Å². The zero-order chi connectivity index (χ0) is 13.6. The van der Waals surface area contributed by atoms with Crippen LogP contribution in [0.2, 0.25) is 0 Å². The van der Waals surface area contributed by atoms with E-state index in [9.17, 15) is 0 Å². The van der Waals surface area contributed by atoms with Crippen LogP contribution in [-0.2, 0) is 11.0 Å². The minimum atomic E-state index is 0.0796. The molecule has 0 radical (unpaired) electrons. The van der Waals surface area contributed by atoms with Gasteiger partial charge in [-0.3, -0.25) is 0 Å². The summed E-state index contributed by atoms with van der Waals surface area (Å²) in [5.41, 5.74) is 4.57. The van der Waals surface area contributed by atoms with Gasteiger partial charge in [0.15, 0.2) is 0 Å². The van der Waals surface area contributed by atoms with Gasteiger partial charge in [-0.15, -0.1) is 0 Å². The van der Waals surface area contributed by atoms with Gasteiger partial charge in [0.05, 0.1) is 5.54 Å². The number of benzene rings is 2. The molecule has 0 unspecified atom stereocenters. The first-order valence-electron chi connectivity index (χ1n) is 7.70. The first kappa shape index (κ1) is 12.0. The van der Waals surface area contributed by atoms with E-state index in [1.165, 1.54) is 42.5 Å². The Bertz CT molecular complexity index is 633. The molecule has 1 nitrogen and oxygen atoms in total. The van der Waals surface area contributed by atoms with Gasteiger partial charge in [0.1, 0.15) is 0 Å². The number of hydrogen-bond donors (Lipinski definition) is 1. The number of fused-ring (bicyclic) bond motifs is 3. The monoisotopic (exact) mass is 263 g/mol. The second-order valence-corrected chi connectivity index (χ2v) is 6.48. The molecule has 1 aliphatic carbocycles. The Hall–Kier alpha value is -1.76. The van der Waals surface area contributed by atoms with Crippen molar-refractivity contribution in [2.75, 3.05) is 5.32 Å². The first-order valence-corrected chi connectivity index (χ1v) is 7.70. The summed E-state index contributed by atoms with van der Waals surface area (Å²) in [7, 11) is 0. The van der Waals surface area contributed by atoms with Gasteiger partial charge < -0.3 is 5.32 Å². The van der Waals surface area contributed by atoms with E-state index in [1.807, 2.05) is 0 Å². The molecule has 0 bridgehead atoms. The average molecular weight is 263 g/mol. The summed E-state index contributed by atoms with van der Waals surface area (Å²) < 4.78 is 0. The quantitative estimate of drug-likeness (QED) is 0.776. The van der Waals surface area contributed by atoms with Gasteiger partial charge in [-0.2, -0.15) is 0 Å². The second-order valence-electron chi connectivity index (χ2n) is 6.48. The van der Waals surface area contributed by atoms with Crippen molar-refractivity contribution in [3.05, 3.63) is 65.7 Å². The molecule has 1 heterocycles. The Morgan fingerprint density at radius 2 is 1.55 bits per heavy atom. The molecule has 2 atom stereocenters. The highest BCUT2D eigenvalue weighted by molar-refractivity contribution is 5.66. The lowest BCUT2D eigenvalue weighted by Gasteiger charge is -2.48. The molecule has 2 aromatic rings. The molecule has 0 saturated heterocycles. The summed E-state index contributed by atoms with van der Waals surface area (Å²) >= 11 is 0. The van der Waals surface area contributed by atoms with Crippen molar-refractivity contribution in [3.63, 3.8) is 0 Å². The Labute approximate surface area is 121 Å². The van der Waals surface area contributed by atoms with Gasteiger partial charge in [0, 0.05) is 11.1 Å². The van der Waals surface area contributed by atoms with Crippen molar-refractivity contribution >= 4 is 5.69 Å². The van der Waals surface area contributed by atoms with Crippen LogP contribution in [0.5, 0.6) is 0 Å². The Morgan fingerprint density at radius 3 is 2.40 bits per heavy atom. The molecule has 4 rings (SSSR count). The molecule has 1 fully saturated rings. The largest absolute Gasteiger partial charge is 0.374 e. The highest BCUT2D eigenvalue weighted by Gasteiger charge is 2.56. The normalized spacial score (nSPS) is 31.2. The van der Waals surface area contributed by atoms with Gasteiger partial charge in [-0.25, -0.2) is 0 Å². The van der Waals surface area contributed by atoms with E-state index in [0.29, 0.717) is 0 Å². The molecule has 1 saturated carbocycles. The molecule has 0 amide bonds. The first-order chi connectivity index (χ1) is 9.76.